The van der Waals surface area contributed by atoms with Gasteiger partial charge in [0.2, 0.25) is 11.5 Å². The van der Waals surface area contributed by atoms with Crippen molar-refractivity contribution in [3.8, 4) is 0 Å². The lowest BCUT2D eigenvalue weighted by Crippen LogP contribution is -2.37. The van der Waals surface area contributed by atoms with E-state index in [1.54, 1.807) is 18.5 Å². The number of amides is 1. The molecule has 0 radical (unpaired) electrons. The van der Waals surface area contributed by atoms with Gasteiger partial charge in [0, 0.05) is 18.9 Å². The van der Waals surface area contributed by atoms with E-state index in [9.17, 15) is 10.2 Å². The van der Waals surface area contributed by atoms with Crippen LogP contribution in [0.4, 0.5) is 0 Å². The molecular formula is C31H32N6O. The van der Waals surface area contributed by atoms with Crippen LogP contribution in [-0.4, -0.2) is 31.6 Å². The average molecular weight is 505 g/mol. The fourth-order valence-electron chi connectivity index (χ4n) is 4.77. The van der Waals surface area contributed by atoms with Gasteiger partial charge in [-0.2, -0.15) is 0 Å². The highest BCUT2D eigenvalue weighted by Crippen LogP contribution is 2.22. The van der Waals surface area contributed by atoms with E-state index in [4.69, 9.17) is 0 Å². The molecule has 1 atom stereocenters. The second kappa shape index (κ2) is 11.3. The van der Waals surface area contributed by atoms with Crippen molar-refractivity contribution in [2.24, 2.45) is 0 Å². The second-order valence-corrected chi connectivity index (χ2v) is 9.74. The number of aryl methyl sites for hydroxylation is 2. The van der Waals surface area contributed by atoms with E-state index < -0.39 is 0 Å². The highest BCUT2D eigenvalue weighted by Gasteiger charge is 2.21. The van der Waals surface area contributed by atoms with Gasteiger partial charge in [-0.3, -0.25) is 10.2 Å². The summed E-state index contributed by atoms with van der Waals surface area (Å²) in [5, 5.41) is 12.3. The van der Waals surface area contributed by atoms with Crippen LogP contribution >= 0.6 is 0 Å². The summed E-state index contributed by atoms with van der Waals surface area (Å²) < 4.78 is 4.10. The van der Waals surface area contributed by atoms with Crippen LogP contribution in [-0.2, 0) is 24.2 Å². The molecule has 0 fully saturated rings. The molecule has 2 N–H and O–H groups in total. The number of aromatic nitrogens is 4. The molecule has 0 spiro atoms. The first-order chi connectivity index (χ1) is 18.5. The summed E-state index contributed by atoms with van der Waals surface area (Å²) in [7, 11) is 0. The fourth-order valence-corrected chi connectivity index (χ4v) is 4.77. The molecule has 192 valence electrons. The van der Waals surface area contributed by atoms with Gasteiger partial charge in [0.15, 0.2) is 0 Å². The number of carbonyl (C=O) groups excluding carboxylic acids is 1. The van der Waals surface area contributed by atoms with Gasteiger partial charge in [-0.25, -0.2) is 9.97 Å². The number of rotatable bonds is 9. The van der Waals surface area contributed by atoms with Gasteiger partial charge in [0.05, 0.1) is 30.0 Å². The summed E-state index contributed by atoms with van der Waals surface area (Å²) in [6.07, 6.45) is 4.07. The zero-order valence-corrected chi connectivity index (χ0v) is 21.8. The number of nitrogens with one attached hydrogen (secondary N) is 2. The van der Waals surface area contributed by atoms with Gasteiger partial charge >= 0.3 is 0 Å². The Balaban J connectivity index is 1.49. The highest BCUT2D eigenvalue weighted by atomic mass is 16.1. The standard InChI is InChI=1S/C31H32N6O/c1-22-8-12-24(13-9-22)18-26(20-35-30(38)19-29-33-16-5-17-34-29)37-28-7-4-3-6-27(28)36(31(37)32)21-25-14-10-23(2)11-15-25/h3-17,26,32H,18-21H2,1-2H3,(H,35,38). The SMILES string of the molecule is Cc1ccc(CC(CNC(=O)Cc2ncccn2)n2c(=N)n(Cc3ccc(C)cc3)c3ccccc32)cc1. The zero-order chi connectivity index (χ0) is 26.5. The molecule has 0 saturated carbocycles. The molecule has 0 aliphatic rings. The molecule has 2 aromatic heterocycles. The predicted molar refractivity (Wildman–Crippen MR) is 149 cm³/mol. The third kappa shape index (κ3) is 5.72. The molecular weight excluding hydrogens is 472 g/mol. The van der Waals surface area contributed by atoms with Gasteiger partial charge in [0.1, 0.15) is 5.82 Å². The summed E-state index contributed by atoms with van der Waals surface area (Å²) in [5.41, 5.74) is 7.08. The molecule has 5 rings (SSSR count). The first-order valence-corrected chi connectivity index (χ1v) is 12.9. The van der Waals surface area contributed by atoms with Crippen molar-refractivity contribution in [1.29, 1.82) is 5.41 Å². The largest absolute Gasteiger partial charge is 0.354 e. The van der Waals surface area contributed by atoms with Crippen molar-refractivity contribution in [3.63, 3.8) is 0 Å². The molecule has 7 heteroatoms. The van der Waals surface area contributed by atoms with Crippen LogP contribution in [0.15, 0.2) is 91.3 Å². The van der Waals surface area contributed by atoms with E-state index >= 15 is 0 Å². The Bertz CT molecular complexity index is 1580. The quantitative estimate of drug-likeness (QED) is 0.309. The van der Waals surface area contributed by atoms with Crippen molar-refractivity contribution in [2.75, 3.05) is 6.54 Å². The number of fused-ring (bicyclic) bond motifs is 1. The van der Waals surface area contributed by atoms with Gasteiger partial charge < -0.3 is 14.5 Å². The number of hydrogen-bond acceptors (Lipinski definition) is 4. The monoisotopic (exact) mass is 504 g/mol. The van der Waals surface area contributed by atoms with Crippen LogP contribution in [0, 0.1) is 19.3 Å². The third-order valence-electron chi connectivity index (χ3n) is 6.81. The molecule has 2 heterocycles. The fraction of sp³-hybridized carbons (Fsp3) is 0.226. The van der Waals surface area contributed by atoms with Crippen molar-refractivity contribution < 1.29 is 4.79 Å². The lowest BCUT2D eigenvalue weighted by atomic mass is 10.0. The maximum Gasteiger partial charge on any atom is 0.227 e. The molecule has 0 bridgehead atoms. The Morgan fingerprint density at radius 1 is 0.842 bits per heavy atom. The number of benzene rings is 3. The smallest absolute Gasteiger partial charge is 0.227 e. The first kappa shape index (κ1) is 25.1. The number of para-hydroxylation sites is 2. The van der Waals surface area contributed by atoms with Crippen LogP contribution in [0.25, 0.3) is 11.0 Å². The van der Waals surface area contributed by atoms with Crippen molar-refractivity contribution in [2.45, 2.75) is 39.3 Å². The predicted octanol–water partition coefficient (Wildman–Crippen LogP) is 4.52. The molecule has 1 unspecified atom stereocenters. The van der Waals surface area contributed by atoms with E-state index in [1.807, 2.05) is 16.7 Å². The lowest BCUT2D eigenvalue weighted by Gasteiger charge is -2.21. The summed E-state index contributed by atoms with van der Waals surface area (Å²) >= 11 is 0. The van der Waals surface area contributed by atoms with Crippen LogP contribution in [0.3, 0.4) is 0 Å². The zero-order valence-electron chi connectivity index (χ0n) is 21.8. The maximum atomic E-state index is 12.8. The van der Waals surface area contributed by atoms with Gasteiger partial charge in [-0.1, -0.05) is 71.8 Å². The van der Waals surface area contributed by atoms with Gasteiger partial charge in [-0.15, -0.1) is 0 Å². The number of hydrogen-bond donors (Lipinski definition) is 2. The minimum Gasteiger partial charge on any atom is -0.354 e. The minimum atomic E-state index is -0.157. The Labute approximate surface area is 222 Å². The van der Waals surface area contributed by atoms with Gasteiger partial charge in [0.25, 0.3) is 0 Å². The summed E-state index contributed by atoms with van der Waals surface area (Å²) in [5.74, 6) is 0.351. The van der Waals surface area contributed by atoms with E-state index in [2.05, 4.69) is 94.4 Å². The molecule has 3 aromatic carbocycles. The molecule has 1 amide bonds. The van der Waals surface area contributed by atoms with E-state index in [0.717, 1.165) is 22.2 Å². The number of carbonyl (C=O) groups is 1. The summed E-state index contributed by atoms with van der Waals surface area (Å²) in [6.45, 7) is 5.13. The lowest BCUT2D eigenvalue weighted by molar-refractivity contribution is -0.120. The highest BCUT2D eigenvalue weighted by molar-refractivity contribution is 5.78. The Morgan fingerprint density at radius 2 is 1.45 bits per heavy atom. The normalized spacial score (nSPS) is 11.9. The van der Waals surface area contributed by atoms with Crippen molar-refractivity contribution in [3.05, 3.63) is 125 Å². The van der Waals surface area contributed by atoms with E-state index in [-0.39, 0.29) is 18.4 Å². The minimum absolute atomic E-state index is 0.117. The summed E-state index contributed by atoms with van der Waals surface area (Å²) in [6, 6.07) is 26.6. The molecule has 0 aliphatic carbocycles. The van der Waals surface area contributed by atoms with Crippen LogP contribution in [0.5, 0.6) is 0 Å². The van der Waals surface area contributed by atoms with Crippen LogP contribution in [0.2, 0.25) is 0 Å². The third-order valence-corrected chi connectivity index (χ3v) is 6.81. The second-order valence-electron chi connectivity index (χ2n) is 9.74. The molecule has 5 aromatic rings. The van der Waals surface area contributed by atoms with E-state index in [1.165, 1.54) is 11.1 Å². The van der Waals surface area contributed by atoms with Crippen LogP contribution in [0.1, 0.15) is 34.1 Å². The van der Waals surface area contributed by atoms with Crippen LogP contribution < -0.4 is 10.9 Å². The molecule has 0 aliphatic heterocycles. The summed E-state index contributed by atoms with van der Waals surface area (Å²) in [4.78, 5) is 21.2. The van der Waals surface area contributed by atoms with Gasteiger partial charge in [-0.05, 0) is 49.6 Å². The van der Waals surface area contributed by atoms with Crippen molar-refractivity contribution >= 4 is 16.9 Å². The number of nitrogens with zero attached hydrogens (tertiary/aromatic N) is 4. The maximum absolute atomic E-state index is 12.8. The topological polar surface area (TPSA) is 88.6 Å². The Hall–Kier alpha value is -4.52. The first-order valence-electron chi connectivity index (χ1n) is 12.9. The average Bonchev–Trinajstić information content (AvgIpc) is 3.20. The Kier molecular flexibility index (Phi) is 7.45. The molecule has 0 saturated heterocycles. The number of imidazole rings is 1. The van der Waals surface area contributed by atoms with E-state index in [0.29, 0.717) is 31.0 Å². The molecule has 7 nitrogen and oxygen atoms in total. The molecule has 38 heavy (non-hydrogen) atoms. The Morgan fingerprint density at radius 3 is 2.11 bits per heavy atom. The van der Waals surface area contributed by atoms with Crippen molar-refractivity contribution in [1.82, 2.24) is 24.4 Å².